The van der Waals surface area contributed by atoms with E-state index in [9.17, 15) is 4.39 Å². The second-order valence-corrected chi connectivity index (χ2v) is 4.06. The Morgan fingerprint density at radius 1 is 1.43 bits per heavy atom. The zero-order valence-electron chi connectivity index (χ0n) is 11.4. The first-order valence-electron chi connectivity index (χ1n) is 6.26. The first-order valence-corrected chi connectivity index (χ1v) is 6.26. The van der Waals surface area contributed by atoms with Gasteiger partial charge in [-0.1, -0.05) is 0 Å². The molecular formula is C15H13FN4O. The van der Waals surface area contributed by atoms with Crippen LogP contribution in [0.4, 0.5) is 4.39 Å². The van der Waals surface area contributed by atoms with Crippen LogP contribution in [0, 0.1) is 17.3 Å². The third kappa shape index (κ3) is 3.15. The number of halogens is 1. The number of pyridine rings is 2. The summed E-state index contributed by atoms with van der Waals surface area (Å²) in [6, 6.07) is 6.50. The highest BCUT2D eigenvalue weighted by Gasteiger charge is 2.13. The van der Waals surface area contributed by atoms with Crippen LogP contribution in [0.15, 0.2) is 36.8 Å². The fraction of sp³-hybridized carbons (Fsp3) is 0.133. The molecule has 0 amide bonds. The van der Waals surface area contributed by atoms with Crippen LogP contribution in [0.2, 0.25) is 0 Å². The van der Waals surface area contributed by atoms with Gasteiger partial charge in [0.05, 0.1) is 24.1 Å². The van der Waals surface area contributed by atoms with Gasteiger partial charge in [0, 0.05) is 23.5 Å². The topological polar surface area (TPSA) is 84.8 Å². The second-order valence-electron chi connectivity index (χ2n) is 4.06. The molecule has 0 bridgehead atoms. The fourth-order valence-electron chi connectivity index (χ4n) is 1.83. The van der Waals surface area contributed by atoms with Gasteiger partial charge in [-0.05, 0) is 25.1 Å². The van der Waals surface area contributed by atoms with E-state index in [-0.39, 0.29) is 5.57 Å². The predicted octanol–water partition coefficient (Wildman–Crippen LogP) is 2.50. The van der Waals surface area contributed by atoms with Crippen molar-refractivity contribution in [2.24, 2.45) is 5.73 Å². The van der Waals surface area contributed by atoms with Gasteiger partial charge in [0.25, 0.3) is 0 Å². The van der Waals surface area contributed by atoms with Gasteiger partial charge in [0.1, 0.15) is 11.8 Å². The van der Waals surface area contributed by atoms with Gasteiger partial charge >= 0.3 is 0 Å². The van der Waals surface area contributed by atoms with Gasteiger partial charge < -0.3 is 10.5 Å². The normalized spacial score (nSPS) is 11.0. The summed E-state index contributed by atoms with van der Waals surface area (Å²) in [5.74, 6) is -0.0287. The first-order chi connectivity index (χ1) is 10.2. The van der Waals surface area contributed by atoms with Crippen molar-refractivity contribution in [2.45, 2.75) is 6.92 Å². The Hall–Kier alpha value is -2.94. The van der Waals surface area contributed by atoms with Crippen molar-refractivity contribution in [2.75, 3.05) is 6.61 Å². The van der Waals surface area contributed by atoms with Crippen molar-refractivity contribution in [3.63, 3.8) is 0 Å². The monoisotopic (exact) mass is 284 g/mol. The molecule has 5 nitrogen and oxygen atoms in total. The lowest BCUT2D eigenvalue weighted by Gasteiger charge is -2.10. The van der Waals surface area contributed by atoms with E-state index in [1.165, 1.54) is 24.7 Å². The minimum absolute atomic E-state index is 0.220. The lowest BCUT2D eigenvalue weighted by molar-refractivity contribution is 0.339. The van der Waals surface area contributed by atoms with Gasteiger partial charge in [-0.15, -0.1) is 0 Å². The molecule has 0 aliphatic rings. The maximum absolute atomic E-state index is 13.0. The number of nitriles is 1. The van der Waals surface area contributed by atoms with Gasteiger partial charge in [0.15, 0.2) is 0 Å². The average molecular weight is 284 g/mol. The molecule has 0 radical (unpaired) electrons. The van der Waals surface area contributed by atoms with Crippen molar-refractivity contribution >= 4 is 5.57 Å². The molecule has 2 aromatic heterocycles. The van der Waals surface area contributed by atoms with Crippen molar-refractivity contribution in [1.29, 1.82) is 5.26 Å². The van der Waals surface area contributed by atoms with E-state index < -0.39 is 5.95 Å². The lowest BCUT2D eigenvalue weighted by atomic mass is 10.0. The van der Waals surface area contributed by atoms with Crippen LogP contribution >= 0.6 is 0 Å². The van der Waals surface area contributed by atoms with Crippen LogP contribution in [0.25, 0.3) is 16.7 Å². The Morgan fingerprint density at radius 3 is 2.81 bits per heavy atom. The highest BCUT2D eigenvalue weighted by Crippen LogP contribution is 2.29. The molecule has 0 unspecified atom stereocenters. The SMILES string of the molecule is CCOc1cnc(C(C#N)=CN)c(-c2ccc(F)nc2)c1. The van der Waals surface area contributed by atoms with Crippen LogP contribution in [0.1, 0.15) is 12.6 Å². The zero-order valence-corrected chi connectivity index (χ0v) is 11.4. The van der Waals surface area contributed by atoms with E-state index in [0.29, 0.717) is 29.2 Å². The summed E-state index contributed by atoms with van der Waals surface area (Å²) in [4.78, 5) is 7.84. The number of allylic oxidation sites excluding steroid dienone is 1. The molecule has 2 aromatic rings. The molecule has 0 saturated heterocycles. The third-order valence-corrected chi connectivity index (χ3v) is 2.75. The number of ether oxygens (including phenoxy) is 1. The smallest absolute Gasteiger partial charge is 0.212 e. The Balaban J connectivity index is 2.61. The molecule has 0 atom stereocenters. The van der Waals surface area contributed by atoms with Crippen LogP contribution in [0.3, 0.4) is 0 Å². The quantitative estimate of drug-likeness (QED) is 0.688. The maximum Gasteiger partial charge on any atom is 0.212 e. The number of hydrogen-bond donors (Lipinski definition) is 1. The molecule has 6 heteroatoms. The van der Waals surface area contributed by atoms with E-state index in [4.69, 9.17) is 15.7 Å². The zero-order chi connectivity index (χ0) is 15.2. The molecule has 0 aliphatic carbocycles. The largest absolute Gasteiger partial charge is 0.492 e. The summed E-state index contributed by atoms with van der Waals surface area (Å²) in [7, 11) is 0. The molecule has 21 heavy (non-hydrogen) atoms. The number of aromatic nitrogens is 2. The molecule has 0 aromatic carbocycles. The summed E-state index contributed by atoms with van der Waals surface area (Å²) >= 11 is 0. The molecule has 2 N–H and O–H groups in total. The standard InChI is InChI=1S/C15H13FN4O/c1-2-21-12-5-13(10-3-4-14(16)19-8-10)15(20-9-12)11(6-17)7-18/h3-6,8-9H,2,17H2,1H3. The highest BCUT2D eigenvalue weighted by molar-refractivity contribution is 5.85. The molecule has 0 saturated carbocycles. The number of rotatable bonds is 4. The lowest BCUT2D eigenvalue weighted by Crippen LogP contribution is -1.99. The number of nitrogens with zero attached hydrogens (tertiary/aromatic N) is 3. The number of hydrogen-bond acceptors (Lipinski definition) is 5. The molecule has 0 fully saturated rings. The van der Waals surface area contributed by atoms with Crippen molar-refractivity contribution in [3.8, 4) is 22.9 Å². The average Bonchev–Trinajstić information content (AvgIpc) is 2.51. The van der Waals surface area contributed by atoms with Gasteiger partial charge in [-0.3, -0.25) is 4.98 Å². The summed E-state index contributed by atoms with van der Waals surface area (Å²) in [5, 5.41) is 9.12. The van der Waals surface area contributed by atoms with E-state index >= 15 is 0 Å². The van der Waals surface area contributed by atoms with Gasteiger partial charge in [-0.25, -0.2) is 4.98 Å². The summed E-state index contributed by atoms with van der Waals surface area (Å²) in [6.45, 7) is 2.34. The fourth-order valence-corrected chi connectivity index (χ4v) is 1.83. The summed E-state index contributed by atoms with van der Waals surface area (Å²) in [5.41, 5.74) is 7.30. The van der Waals surface area contributed by atoms with Crippen molar-refractivity contribution < 1.29 is 9.13 Å². The summed E-state index contributed by atoms with van der Waals surface area (Å²) in [6.07, 6.45) is 4.07. The molecule has 106 valence electrons. The molecular weight excluding hydrogens is 271 g/mol. The van der Waals surface area contributed by atoms with E-state index in [1.807, 2.05) is 13.0 Å². The minimum Gasteiger partial charge on any atom is -0.492 e. The molecule has 0 spiro atoms. The van der Waals surface area contributed by atoms with Crippen LogP contribution < -0.4 is 10.5 Å². The van der Waals surface area contributed by atoms with E-state index in [2.05, 4.69) is 9.97 Å². The van der Waals surface area contributed by atoms with Gasteiger partial charge in [-0.2, -0.15) is 9.65 Å². The van der Waals surface area contributed by atoms with Crippen LogP contribution in [0.5, 0.6) is 5.75 Å². The van der Waals surface area contributed by atoms with Crippen molar-refractivity contribution in [1.82, 2.24) is 9.97 Å². The van der Waals surface area contributed by atoms with Crippen molar-refractivity contribution in [3.05, 3.63) is 48.4 Å². The first kappa shape index (κ1) is 14.5. The Kier molecular flexibility index (Phi) is 4.46. The Bertz CT molecular complexity index is 705. The predicted molar refractivity (Wildman–Crippen MR) is 76.4 cm³/mol. The van der Waals surface area contributed by atoms with Crippen LogP contribution in [-0.4, -0.2) is 16.6 Å². The molecule has 2 rings (SSSR count). The second kappa shape index (κ2) is 6.48. The van der Waals surface area contributed by atoms with Crippen LogP contribution in [-0.2, 0) is 0 Å². The van der Waals surface area contributed by atoms with E-state index in [0.717, 1.165) is 0 Å². The van der Waals surface area contributed by atoms with E-state index in [1.54, 1.807) is 12.1 Å². The minimum atomic E-state index is -0.580. The Labute approximate surface area is 121 Å². The van der Waals surface area contributed by atoms with Gasteiger partial charge in [0.2, 0.25) is 5.95 Å². The maximum atomic E-state index is 13.0. The highest BCUT2D eigenvalue weighted by atomic mass is 19.1. The summed E-state index contributed by atoms with van der Waals surface area (Å²) < 4.78 is 18.4. The number of nitrogens with two attached hydrogens (primary N) is 1. The Morgan fingerprint density at radius 2 is 2.24 bits per heavy atom. The third-order valence-electron chi connectivity index (χ3n) is 2.75. The molecule has 2 heterocycles. The molecule has 0 aliphatic heterocycles.